The van der Waals surface area contributed by atoms with E-state index >= 15 is 0 Å². The minimum absolute atomic E-state index is 0.115. The fourth-order valence-corrected chi connectivity index (χ4v) is 2.63. The molecule has 132 valence electrons. The fourth-order valence-electron chi connectivity index (χ4n) is 2.36. The number of carbonyl (C=O) groups is 2. The molecule has 0 spiro atoms. The molecule has 0 fully saturated rings. The number of nitrogens with zero attached hydrogens (tertiary/aromatic N) is 1. The number of halogens is 1. The average molecular weight is 415 g/mol. The molecule has 0 unspecified atom stereocenters. The standard InChI is InChI=1S/C18H15BrN4O3/c19-12-3-1-11(2-4-12)17(25)20-8-7-16(24)23-13-5-6-15-14(9-13)18(26)22-10-21-15/h1-6,9-10H,7-8H2,(H,20,25)(H,23,24)(H,21,22,26). The van der Waals surface area contributed by atoms with E-state index in [1.807, 2.05) is 0 Å². The molecule has 0 aliphatic carbocycles. The summed E-state index contributed by atoms with van der Waals surface area (Å²) in [6.45, 7) is 0.205. The molecule has 0 radical (unpaired) electrons. The van der Waals surface area contributed by atoms with Gasteiger partial charge < -0.3 is 15.6 Å². The molecule has 1 heterocycles. The summed E-state index contributed by atoms with van der Waals surface area (Å²) in [6, 6.07) is 11.8. The first kappa shape index (κ1) is 17.8. The van der Waals surface area contributed by atoms with E-state index in [4.69, 9.17) is 0 Å². The molecule has 26 heavy (non-hydrogen) atoms. The van der Waals surface area contributed by atoms with E-state index in [1.54, 1.807) is 42.5 Å². The lowest BCUT2D eigenvalue weighted by atomic mass is 10.2. The zero-order valence-corrected chi connectivity index (χ0v) is 15.2. The van der Waals surface area contributed by atoms with Crippen molar-refractivity contribution in [2.75, 3.05) is 11.9 Å². The second kappa shape index (κ2) is 7.92. The van der Waals surface area contributed by atoms with Gasteiger partial charge in [-0.25, -0.2) is 4.98 Å². The minimum Gasteiger partial charge on any atom is -0.352 e. The van der Waals surface area contributed by atoms with Crippen LogP contribution in [0.15, 0.2) is 58.1 Å². The largest absolute Gasteiger partial charge is 0.352 e. The zero-order chi connectivity index (χ0) is 18.5. The van der Waals surface area contributed by atoms with Crippen molar-refractivity contribution >= 4 is 44.3 Å². The first-order chi connectivity index (χ1) is 12.5. The van der Waals surface area contributed by atoms with Crippen molar-refractivity contribution in [1.29, 1.82) is 0 Å². The molecular weight excluding hydrogens is 400 g/mol. The Bertz CT molecular complexity index is 1010. The van der Waals surface area contributed by atoms with Crippen LogP contribution >= 0.6 is 15.9 Å². The molecule has 1 aromatic heterocycles. The van der Waals surface area contributed by atoms with Gasteiger partial charge in [-0.15, -0.1) is 0 Å². The van der Waals surface area contributed by atoms with Gasteiger partial charge in [-0.05, 0) is 42.5 Å². The van der Waals surface area contributed by atoms with Crippen molar-refractivity contribution in [1.82, 2.24) is 15.3 Å². The number of hydrogen-bond donors (Lipinski definition) is 3. The molecule has 0 aliphatic heterocycles. The Hall–Kier alpha value is -3.00. The Morgan fingerprint density at radius 1 is 1.12 bits per heavy atom. The summed E-state index contributed by atoms with van der Waals surface area (Å²) < 4.78 is 0.887. The first-order valence-corrected chi connectivity index (χ1v) is 8.63. The number of aromatic nitrogens is 2. The first-order valence-electron chi connectivity index (χ1n) is 7.84. The molecule has 3 rings (SSSR count). The van der Waals surface area contributed by atoms with Crippen molar-refractivity contribution in [3.05, 3.63) is 69.2 Å². The van der Waals surface area contributed by atoms with Gasteiger partial charge in [0, 0.05) is 28.7 Å². The molecule has 0 saturated carbocycles. The van der Waals surface area contributed by atoms with Crippen molar-refractivity contribution in [3.8, 4) is 0 Å². The SMILES string of the molecule is O=C(CCNC(=O)c1ccc(Br)cc1)Nc1ccc2nc[nH]c(=O)c2c1. The maximum atomic E-state index is 12.0. The van der Waals surface area contributed by atoms with Crippen LogP contribution < -0.4 is 16.2 Å². The third kappa shape index (κ3) is 4.34. The molecule has 8 heteroatoms. The number of fused-ring (bicyclic) bond motifs is 1. The highest BCUT2D eigenvalue weighted by Gasteiger charge is 2.08. The monoisotopic (exact) mass is 414 g/mol. The van der Waals surface area contributed by atoms with E-state index in [2.05, 4.69) is 36.5 Å². The van der Waals surface area contributed by atoms with Crippen molar-refractivity contribution in [2.45, 2.75) is 6.42 Å². The van der Waals surface area contributed by atoms with Crippen LogP contribution in [0.1, 0.15) is 16.8 Å². The van der Waals surface area contributed by atoms with Crippen molar-refractivity contribution in [3.63, 3.8) is 0 Å². The summed E-state index contributed by atoms with van der Waals surface area (Å²) >= 11 is 3.31. The summed E-state index contributed by atoms with van der Waals surface area (Å²) in [5.74, 6) is -0.505. The van der Waals surface area contributed by atoms with E-state index in [0.29, 0.717) is 22.2 Å². The molecular formula is C18H15BrN4O3. The Morgan fingerprint density at radius 3 is 2.65 bits per heavy atom. The van der Waals surface area contributed by atoms with Crippen LogP contribution in [-0.2, 0) is 4.79 Å². The van der Waals surface area contributed by atoms with Gasteiger partial charge in [-0.2, -0.15) is 0 Å². The lowest BCUT2D eigenvalue weighted by Gasteiger charge is -2.07. The van der Waals surface area contributed by atoms with Gasteiger partial charge in [-0.3, -0.25) is 14.4 Å². The van der Waals surface area contributed by atoms with Crippen LogP contribution in [-0.4, -0.2) is 28.3 Å². The van der Waals surface area contributed by atoms with Crippen molar-refractivity contribution in [2.24, 2.45) is 0 Å². The third-order valence-electron chi connectivity index (χ3n) is 3.67. The number of nitrogens with one attached hydrogen (secondary N) is 3. The summed E-state index contributed by atoms with van der Waals surface area (Å²) in [4.78, 5) is 42.3. The van der Waals surface area contributed by atoms with Gasteiger partial charge in [0.15, 0.2) is 0 Å². The highest BCUT2D eigenvalue weighted by molar-refractivity contribution is 9.10. The summed E-state index contributed by atoms with van der Waals surface area (Å²) in [7, 11) is 0. The number of aromatic amines is 1. The summed E-state index contributed by atoms with van der Waals surface area (Å²) in [5, 5.41) is 5.80. The molecule has 0 bridgehead atoms. The maximum Gasteiger partial charge on any atom is 0.258 e. The van der Waals surface area contributed by atoms with Crippen LogP contribution in [0, 0.1) is 0 Å². The molecule has 2 amide bonds. The van der Waals surface area contributed by atoms with Crippen LogP contribution in [0.5, 0.6) is 0 Å². The molecule has 3 aromatic rings. The molecule has 7 nitrogen and oxygen atoms in total. The highest BCUT2D eigenvalue weighted by atomic mass is 79.9. The predicted molar refractivity (Wildman–Crippen MR) is 102 cm³/mol. The normalized spacial score (nSPS) is 10.5. The highest BCUT2D eigenvalue weighted by Crippen LogP contribution is 2.14. The van der Waals surface area contributed by atoms with Gasteiger partial charge in [0.1, 0.15) is 0 Å². The molecule has 2 aromatic carbocycles. The van der Waals surface area contributed by atoms with Gasteiger partial charge in [0.2, 0.25) is 5.91 Å². The van der Waals surface area contributed by atoms with Gasteiger partial charge >= 0.3 is 0 Å². The van der Waals surface area contributed by atoms with Crippen LogP contribution in [0.2, 0.25) is 0 Å². The Labute approximate surface area is 157 Å². The quantitative estimate of drug-likeness (QED) is 0.596. The summed E-state index contributed by atoms with van der Waals surface area (Å²) in [5.41, 5.74) is 1.30. The second-order valence-electron chi connectivity index (χ2n) is 5.52. The van der Waals surface area contributed by atoms with E-state index in [-0.39, 0.29) is 30.3 Å². The van der Waals surface area contributed by atoms with Crippen LogP contribution in [0.3, 0.4) is 0 Å². The second-order valence-corrected chi connectivity index (χ2v) is 6.44. The molecule has 0 aliphatic rings. The van der Waals surface area contributed by atoms with Crippen molar-refractivity contribution < 1.29 is 9.59 Å². The number of rotatable bonds is 5. The lowest BCUT2D eigenvalue weighted by Crippen LogP contribution is -2.27. The van der Waals surface area contributed by atoms with Crippen LogP contribution in [0.4, 0.5) is 5.69 Å². The lowest BCUT2D eigenvalue weighted by molar-refractivity contribution is -0.116. The van der Waals surface area contributed by atoms with E-state index in [9.17, 15) is 14.4 Å². The fraction of sp³-hybridized carbons (Fsp3) is 0.111. The molecule has 3 N–H and O–H groups in total. The minimum atomic E-state index is -0.270. The van der Waals surface area contributed by atoms with E-state index in [0.717, 1.165) is 4.47 Å². The topological polar surface area (TPSA) is 104 Å². The number of amides is 2. The van der Waals surface area contributed by atoms with E-state index in [1.165, 1.54) is 6.33 Å². The number of hydrogen-bond acceptors (Lipinski definition) is 4. The maximum absolute atomic E-state index is 12.0. The predicted octanol–water partition coefficient (Wildman–Crippen LogP) is 2.44. The Kier molecular flexibility index (Phi) is 5.43. The third-order valence-corrected chi connectivity index (χ3v) is 4.20. The van der Waals surface area contributed by atoms with Gasteiger partial charge in [0.25, 0.3) is 11.5 Å². The van der Waals surface area contributed by atoms with E-state index < -0.39 is 0 Å². The number of carbonyl (C=O) groups excluding carboxylic acids is 2. The Balaban J connectivity index is 1.54. The number of benzene rings is 2. The molecule has 0 atom stereocenters. The average Bonchev–Trinajstić information content (AvgIpc) is 2.63. The van der Waals surface area contributed by atoms with Gasteiger partial charge in [-0.1, -0.05) is 15.9 Å². The zero-order valence-electron chi connectivity index (χ0n) is 13.6. The Morgan fingerprint density at radius 2 is 1.88 bits per heavy atom. The van der Waals surface area contributed by atoms with Crippen LogP contribution in [0.25, 0.3) is 10.9 Å². The smallest absolute Gasteiger partial charge is 0.258 e. The molecule has 0 saturated heterocycles. The van der Waals surface area contributed by atoms with Gasteiger partial charge in [0.05, 0.1) is 17.2 Å². The number of H-pyrrole nitrogens is 1. The number of anilines is 1. The summed E-state index contributed by atoms with van der Waals surface area (Å²) in [6.07, 6.45) is 1.45.